The Morgan fingerprint density at radius 1 is 1.62 bits per heavy atom. The summed E-state index contributed by atoms with van der Waals surface area (Å²) in [5.41, 5.74) is 0.605. The van der Waals surface area contributed by atoms with Crippen molar-refractivity contribution in [1.29, 1.82) is 0 Å². The van der Waals surface area contributed by atoms with Gasteiger partial charge in [-0.2, -0.15) is 11.8 Å². The number of nitrogens with zero attached hydrogens (tertiary/aromatic N) is 2. The Hall–Kier alpha value is -1.80. The van der Waals surface area contributed by atoms with Crippen LogP contribution in [-0.4, -0.2) is 52.1 Å². The molecule has 7 nitrogen and oxygen atoms in total. The maximum absolute atomic E-state index is 11.3. The standard InChI is InChI=1S/C13H16N2O5S/c1-20-12-3-2-10(15(18)19)6-9(12)7-14-4-5-21-8-11(14)13(16)17/h2-3,6,11H,4-5,7-8H2,1H3,(H,16,17). The molecule has 0 aromatic heterocycles. The lowest BCUT2D eigenvalue weighted by Crippen LogP contribution is -2.46. The van der Waals surface area contributed by atoms with E-state index >= 15 is 0 Å². The third-order valence-electron chi connectivity index (χ3n) is 3.37. The van der Waals surface area contributed by atoms with Crippen molar-refractivity contribution in [1.82, 2.24) is 4.90 Å². The van der Waals surface area contributed by atoms with Gasteiger partial charge in [-0.1, -0.05) is 0 Å². The van der Waals surface area contributed by atoms with Crippen LogP contribution < -0.4 is 4.74 Å². The number of aliphatic carboxylic acids is 1. The number of non-ortho nitro benzene ring substituents is 1. The minimum atomic E-state index is -0.869. The molecule has 1 aliphatic rings. The topological polar surface area (TPSA) is 92.9 Å². The predicted molar refractivity (Wildman–Crippen MR) is 78.8 cm³/mol. The zero-order valence-electron chi connectivity index (χ0n) is 11.5. The van der Waals surface area contributed by atoms with Gasteiger partial charge in [-0.3, -0.25) is 19.8 Å². The molecule has 8 heteroatoms. The molecule has 0 aliphatic carbocycles. The van der Waals surface area contributed by atoms with Crippen molar-refractivity contribution in [3.05, 3.63) is 33.9 Å². The number of ether oxygens (including phenoxy) is 1. The largest absolute Gasteiger partial charge is 0.496 e. The van der Waals surface area contributed by atoms with Gasteiger partial charge in [0.25, 0.3) is 5.69 Å². The van der Waals surface area contributed by atoms with E-state index < -0.39 is 16.9 Å². The number of carbonyl (C=O) groups is 1. The van der Waals surface area contributed by atoms with Crippen LogP contribution in [0.2, 0.25) is 0 Å². The van der Waals surface area contributed by atoms with Crippen molar-refractivity contribution in [3.8, 4) is 5.75 Å². The fourth-order valence-corrected chi connectivity index (χ4v) is 3.38. The zero-order valence-corrected chi connectivity index (χ0v) is 12.3. The zero-order chi connectivity index (χ0) is 15.4. The van der Waals surface area contributed by atoms with Crippen LogP contribution in [0.1, 0.15) is 5.56 Å². The minimum absolute atomic E-state index is 0.0240. The molecule has 1 unspecified atom stereocenters. The average Bonchev–Trinajstić information content (AvgIpc) is 2.47. The Morgan fingerprint density at radius 3 is 3.00 bits per heavy atom. The molecular weight excluding hydrogens is 296 g/mol. The van der Waals surface area contributed by atoms with Crippen LogP contribution in [0.3, 0.4) is 0 Å². The summed E-state index contributed by atoms with van der Waals surface area (Å²) in [7, 11) is 1.49. The number of thioether (sulfide) groups is 1. The van der Waals surface area contributed by atoms with E-state index in [0.29, 0.717) is 30.2 Å². The Labute approximate surface area is 126 Å². The molecule has 0 spiro atoms. The molecule has 0 bridgehead atoms. The van der Waals surface area contributed by atoms with E-state index in [1.807, 2.05) is 4.90 Å². The van der Waals surface area contributed by atoms with E-state index in [0.717, 1.165) is 5.75 Å². The van der Waals surface area contributed by atoms with E-state index in [-0.39, 0.29) is 5.69 Å². The van der Waals surface area contributed by atoms with Crippen LogP contribution in [-0.2, 0) is 11.3 Å². The molecule has 2 rings (SSSR count). The quantitative estimate of drug-likeness (QED) is 0.652. The highest BCUT2D eigenvalue weighted by Gasteiger charge is 2.29. The summed E-state index contributed by atoms with van der Waals surface area (Å²) in [6, 6.07) is 3.79. The van der Waals surface area contributed by atoms with Crippen LogP contribution in [0, 0.1) is 10.1 Å². The first-order valence-electron chi connectivity index (χ1n) is 6.39. The second-order valence-corrected chi connectivity index (χ2v) is 5.80. The second kappa shape index (κ2) is 6.77. The molecule has 1 atom stereocenters. The normalized spacial score (nSPS) is 19.2. The number of nitro groups is 1. The fourth-order valence-electron chi connectivity index (χ4n) is 2.28. The maximum atomic E-state index is 11.3. The molecule has 0 radical (unpaired) electrons. The third-order valence-corrected chi connectivity index (χ3v) is 4.40. The minimum Gasteiger partial charge on any atom is -0.496 e. The number of carboxylic acids is 1. The summed E-state index contributed by atoms with van der Waals surface area (Å²) in [6.45, 7) is 0.954. The van der Waals surface area contributed by atoms with Gasteiger partial charge in [-0.15, -0.1) is 0 Å². The molecule has 1 N–H and O–H groups in total. The van der Waals surface area contributed by atoms with Crippen LogP contribution >= 0.6 is 11.8 Å². The highest BCUT2D eigenvalue weighted by molar-refractivity contribution is 7.99. The smallest absolute Gasteiger partial charge is 0.321 e. The second-order valence-electron chi connectivity index (χ2n) is 4.65. The number of benzene rings is 1. The van der Waals surface area contributed by atoms with Gasteiger partial charge < -0.3 is 9.84 Å². The van der Waals surface area contributed by atoms with Gasteiger partial charge in [0.1, 0.15) is 11.8 Å². The number of methoxy groups -OCH3 is 1. The first kappa shape index (κ1) is 15.6. The monoisotopic (exact) mass is 312 g/mol. The summed E-state index contributed by atoms with van der Waals surface area (Å²) < 4.78 is 5.22. The van der Waals surface area contributed by atoms with E-state index in [9.17, 15) is 20.0 Å². The lowest BCUT2D eigenvalue weighted by atomic mass is 10.1. The molecule has 1 saturated heterocycles. The van der Waals surface area contributed by atoms with Gasteiger partial charge in [0.05, 0.1) is 12.0 Å². The number of hydrogen-bond donors (Lipinski definition) is 1. The number of nitro benzene ring substituents is 1. The van der Waals surface area contributed by atoms with E-state index in [2.05, 4.69) is 0 Å². The molecule has 0 amide bonds. The van der Waals surface area contributed by atoms with E-state index in [1.54, 1.807) is 17.8 Å². The average molecular weight is 312 g/mol. The molecule has 0 saturated carbocycles. The molecule has 1 fully saturated rings. The number of hydrogen-bond acceptors (Lipinski definition) is 6. The summed E-state index contributed by atoms with van der Waals surface area (Å²) in [5.74, 6) is 1.03. The Kier molecular flexibility index (Phi) is 5.03. The number of carboxylic acid groups (broad SMARTS) is 1. The molecule has 21 heavy (non-hydrogen) atoms. The van der Waals surface area contributed by atoms with Crippen molar-refractivity contribution in [3.63, 3.8) is 0 Å². The van der Waals surface area contributed by atoms with E-state index in [4.69, 9.17) is 4.74 Å². The highest BCUT2D eigenvalue weighted by atomic mass is 32.2. The molecule has 1 aliphatic heterocycles. The van der Waals surface area contributed by atoms with Gasteiger partial charge >= 0.3 is 5.97 Å². The van der Waals surface area contributed by atoms with Gasteiger partial charge in [0, 0.05) is 42.3 Å². The Morgan fingerprint density at radius 2 is 2.38 bits per heavy atom. The van der Waals surface area contributed by atoms with Gasteiger partial charge in [-0.25, -0.2) is 0 Å². The van der Waals surface area contributed by atoms with Crippen molar-refractivity contribution < 1.29 is 19.6 Å². The summed E-state index contributed by atoms with van der Waals surface area (Å²) in [6.07, 6.45) is 0. The Bertz CT molecular complexity index is 551. The Balaban J connectivity index is 2.25. The van der Waals surface area contributed by atoms with Crippen molar-refractivity contribution in [2.24, 2.45) is 0 Å². The van der Waals surface area contributed by atoms with Crippen LogP contribution in [0.5, 0.6) is 5.75 Å². The molecule has 1 aromatic carbocycles. The summed E-state index contributed by atoms with van der Waals surface area (Å²) in [4.78, 5) is 23.5. The van der Waals surface area contributed by atoms with Crippen LogP contribution in [0.25, 0.3) is 0 Å². The molecule has 1 aromatic rings. The third kappa shape index (κ3) is 3.64. The molecule has 114 valence electrons. The SMILES string of the molecule is COc1ccc([N+](=O)[O-])cc1CN1CCSCC1C(=O)O. The van der Waals surface area contributed by atoms with E-state index in [1.165, 1.54) is 19.2 Å². The van der Waals surface area contributed by atoms with Crippen LogP contribution in [0.15, 0.2) is 18.2 Å². The molecular formula is C13H16N2O5S. The highest BCUT2D eigenvalue weighted by Crippen LogP contribution is 2.27. The lowest BCUT2D eigenvalue weighted by molar-refractivity contribution is -0.385. The van der Waals surface area contributed by atoms with Crippen molar-refractivity contribution in [2.75, 3.05) is 25.2 Å². The predicted octanol–water partition coefficient (Wildman–Crippen LogP) is 1.61. The lowest BCUT2D eigenvalue weighted by Gasteiger charge is -2.32. The first-order valence-corrected chi connectivity index (χ1v) is 7.54. The first-order chi connectivity index (χ1) is 10.0. The number of rotatable bonds is 5. The van der Waals surface area contributed by atoms with Crippen LogP contribution in [0.4, 0.5) is 5.69 Å². The summed E-state index contributed by atoms with van der Waals surface area (Å²) in [5, 5.41) is 20.1. The maximum Gasteiger partial charge on any atom is 0.321 e. The summed E-state index contributed by atoms with van der Waals surface area (Å²) >= 11 is 1.60. The van der Waals surface area contributed by atoms with Crippen molar-refractivity contribution in [2.45, 2.75) is 12.6 Å². The molecule has 1 heterocycles. The van der Waals surface area contributed by atoms with Gasteiger partial charge in [0.15, 0.2) is 0 Å². The van der Waals surface area contributed by atoms with Gasteiger partial charge in [0.2, 0.25) is 0 Å². The van der Waals surface area contributed by atoms with Gasteiger partial charge in [-0.05, 0) is 6.07 Å². The van der Waals surface area contributed by atoms with Crippen molar-refractivity contribution >= 4 is 23.4 Å². The fraction of sp³-hybridized carbons (Fsp3) is 0.462.